The van der Waals surface area contributed by atoms with Crippen LogP contribution in [-0.2, 0) is 16.1 Å². The van der Waals surface area contributed by atoms with Crippen molar-refractivity contribution in [3.8, 4) is 5.75 Å². The third kappa shape index (κ3) is 5.11. The molecule has 0 saturated heterocycles. The number of carbonyl (C=O) groups excluding carboxylic acids is 2. The van der Waals surface area contributed by atoms with Crippen molar-refractivity contribution in [3.05, 3.63) is 88.5 Å². The summed E-state index contributed by atoms with van der Waals surface area (Å²) in [5.74, 6) is 0.831. The number of anilines is 1. The van der Waals surface area contributed by atoms with Gasteiger partial charge in [-0.1, -0.05) is 58.4 Å². The second-order valence-corrected chi connectivity index (χ2v) is 8.15. The number of nitrogens with zero attached hydrogens (tertiary/aromatic N) is 2. The van der Waals surface area contributed by atoms with Gasteiger partial charge in [0.1, 0.15) is 0 Å². The average molecular weight is 480 g/mol. The van der Waals surface area contributed by atoms with Crippen LogP contribution in [0.1, 0.15) is 30.1 Å². The second kappa shape index (κ2) is 9.75. The fourth-order valence-electron chi connectivity index (χ4n) is 3.49. The summed E-state index contributed by atoms with van der Waals surface area (Å²) in [6.45, 7) is 0.856. The van der Waals surface area contributed by atoms with E-state index in [0.717, 1.165) is 15.6 Å². The van der Waals surface area contributed by atoms with Gasteiger partial charge in [-0.25, -0.2) is 4.98 Å². The number of carbonyl (C=O) groups is 2. The summed E-state index contributed by atoms with van der Waals surface area (Å²) in [7, 11) is 0. The van der Waals surface area contributed by atoms with Crippen LogP contribution >= 0.6 is 15.9 Å². The van der Waals surface area contributed by atoms with Gasteiger partial charge in [-0.2, -0.15) is 0 Å². The van der Waals surface area contributed by atoms with Gasteiger partial charge in [-0.3, -0.25) is 14.5 Å². The summed E-state index contributed by atoms with van der Waals surface area (Å²) in [6.07, 6.45) is 1.75. The first-order valence-electron chi connectivity index (χ1n) is 10.1. The molecule has 1 aromatic heterocycles. The molecule has 0 unspecified atom stereocenters. The number of halogens is 1. The molecule has 0 radical (unpaired) electrons. The van der Waals surface area contributed by atoms with Gasteiger partial charge in [0.05, 0.1) is 0 Å². The zero-order valence-electron chi connectivity index (χ0n) is 16.8. The third-order valence-electron chi connectivity index (χ3n) is 5.01. The zero-order valence-corrected chi connectivity index (χ0v) is 18.4. The molecule has 0 fully saturated rings. The van der Waals surface area contributed by atoms with Crippen molar-refractivity contribution >= 4 is 33.6 Å². The molecule has 1 aliphatic heterocycles. The van der Waals surface area contributed by atoms with Gasteiger partial charge < -0.3 is 10.1 Å². The monoisotopic (exact) mass is 479 g/mol. The normalized spacial score (nSPS) is 15.2. The number of ether oxygens (including phenoxy) is 1. The van der Waals surface area contributed by atoms with Gasteiger partial charge in [0, 0.05) is 35.7 Å². The maximum Gasteiger partial charge on any atom is 0.274 e. The maximum absolute atomic E-state index is 13.2. The Morgan fingerprint density at radius 1 is 1.10 bits per heavy atom. The van der Waals surface area contributed by atoms with Gasteiger partial charge in [0.15, 0.2) is 11.6 Å². The molecule has 4 rings (SSSR count). The van der Waals surface area contributed by atoms with E-state index in [-0.39, 0.29) is 11.8 Å². The lowest BCUT2D eigenvalue weighted by molar-refractivity contribution is -0.127. The van der Waals surface area contributed by atoms with Crippen molar-refractivity contribution in [1.29, 1.82) is 0 Å². The molecule has 1 aliphatic rings. The van der Waals surface area contributed by atoms with Crippen LogP contribution in [0.25, 0.3) is 0 Å². The number of aromatic nitrogens is 1. The lowest BCUT2D eigenvalue weighted by atomic mass is 10.1. The number of nitrogens with one attached hydrogen (secondary N) is 1. The van der Waals surface area contributed by atoms with E-state index in [4.69, 9.17) is 4.74 Å². The van der Waals surface area contributed by atoms with E-state index in [0.29, 0.717) is 37.5 Å². The Balaban J connectivity index is 1.38. The number of hydrogen-bond acceptors (Lipinski definition) is 4. The van der Waals surface area contributed by atoms with Crippen LogP contribution in [0.4, 0.5) is 5.82 Å². The molecular formula is C24H22BrN3O3. The SMILES string of the molecule is O=C(CCCN1C(=O)[C@@H](c2ccccc2)Oc2cccnc21)NCc1cccc(Br)c1. The van der Waals surface area contributed by atoms with Gasteiger partial charge in [-0.15, -0.1) is 0 Å². The zero-order chi connectivity index (χ0) is 21.6. The lowest BCUT2D eigenvalue weighted by Gasteiger charge is -2.33. The van der Waals surface area contributed by atoms with Crippen LogP contribution in [0.5, 0.6) is 5.75 Å². The molecular weight excluding hydrogens is 458 g/mol. The van der Waals surface area contributed by atoms with Gasteiger partial charge in [-0.05, 0) is 36.2 Å². The Morgan fingerprint density at radius 3 is 2.74 bits per heavy atom. The minimum atomic E-state index is -0.719. The minimum Gasteiger partial charge on any atom is -0.472 e. The van der Waals surface area contributed by atoms with E-state index in [2.05, 4.69) is 26.2 Å². The molecule has 3 aromatic rings. The van der Waals surface area contributed by atoms with Crippen molar-refractivity contribution in [3.63, 3.8) is 0 Å². The van der Waals surface area contributed by atoms with E-state index >= 15 is 0 Å². The van der Waals surface area contributed by atoms with Crippen LogP contribution in [0.2, 0.25) is 0 Å². The van der Waals surface area contributed by atoms with E-state index in [9.17, 15) is 9.59 Å². The number of pyridine rings is 1. The Hall–Kier alpha value is -3.19. The Bertz CT molecular complexity index is 1070. The molecule has 6 nitrogen and oxygen atoms in total. The Kier molecular flexibility index (Phi) is 6.62. The highest BCUT2D eigenvalue weighted by Crippen LogP contribution is 2.37. The van der Waals surface area contributed by atoms with Crippen LogP contribution in [0.3, 0.4) is 0 Å². The first-order valence-corrected chi connectivity index (χ1v) is 10.9. The molecule has 2 heterocycles. The highest BCUT2D eigenvalue weighted by molar-refractivity contribution is 9.10. The molecule has 2 amide bonds. The molecule has 0 spiro atoms. The minimum absolute atomic E-state index is 0.0541. The number of fused-ring (bicyclic) bond motifs is 1. The quantitative estimate of drug-likeness (QED) is 0.544. The standard InChI is InChI=1S/C24H22BrN3O3/c25-19-10-4-7-17(15-19)16-27-21(29)12-6-14-28-23-20(11-5-13-26-23)31-22(24(28)30)18-8-2-1-3-9-18/h1-5,7-11,13,15,22H,6,12,14,16H2,(H,27,29)/t22-/m1/s1. The summed E-state index contributed by atoms with van der Waals surface area (Å²) in [5.41, 5.74) is 1.81. The highest BCUT2D eigenvalue weighted by Gasteiger charge is 2.36. The first kappa shape index (κ1) is 21.1. The van der Waals surface area contributed by atoms with Crippen LogP contribution < -0.4 is 15.0 Å². The molecule has 0 bridgehead atoms. The average Bonchev–Trinajstić information content (AvgIpc) is 2.79. The van der Waals surface area contributed by atoms with Gasteiger partial charge in [0.2, 0.25) is 12.0 Å². The number of benzene rings is 2. The van der Waals surface area contributed by atoms with Crippen LogP contribution in [0.15, 0.2) is 77.4 Å². The Morgan fingerprint density at radius 2 is 1.94 bits per heavy atom. The van der Waals surface area contributed by atoms with Crippen LogP contribution in [0, 0.1) is 0 Å². The van der Waals surface area contributed by atoms with E-state index in [1.165, 1.54) is 0 Å². The predicted molar refractivity (Wildman–Crippen MR) is 122 cm³/mol. The second-order valence-electron chi connectivity index (χ2n) is 7.23. The molecule has 2 aromatic carbocycles. The van der Waals surface area contributed by atoms with Gasteiger partial charge in [0.25, 0.3) is 5.91 Å². The predicted octanol–water partition coefficient (Wildman–Crippen LogP) is 4.41. The summed E-state index contributed by atoms with van der Waals surface area (Å²) in [6, 6.07) is 20.8. The summed E-state index contributed by atoms with van der Waals surface area (Å²) >= 11 is 3.43. The van der Waals surface area contributed by atoms with E-state index in [1.54, 1.807) is 17.2 Å². The molecule has 158 valence electrons. The molecule has 1 atom stereocenters. The number of hydrogen-bond donors (Lipinski definition) is 1. The third-order valence-corrected chi connectivity index (χ3v) is 5.50. The smallest absolute Gasteiger partial charge is 0.274 e. The topological polar surface area (TPSA) is 71.5 Å². The lowest BCUT2D eigenvalue weighted by Crippen LogP contribution is -2.42. The van der Waals surface area contributed by atoms with Crippen molar-refractivity contribution in [2.75, 3.05) is 11.4 Å². The summed E-state index contributed by atoms with van der Waals surface area (Å²) in [5, 5.41) is 2.93. The number of amides is 2. The Labute approximate surface area is 189 Å². The molecule has 0 aliphatic carbocycles. The van der Waals surface area contributed by atoms with Crippen molar-refractivity contribution in [1.82, 2.24) is 10.3 Å². The van der Waals surface area contributed by atoms with Crippen molar-refractivity contribution in [2.24, 2.45) is 0 Å². The fraction of sp³-hybridized carbons (Fsp3) is 0.208. The van der Waals surface area contributed by atoms with Crippen LogP contribution in [-0.4, -0.2) is 23.3 Å². The number of rotatable bonds is 7. The fourth-order valence-corrected chi connectivity index (χ4v) is 3.94. The van der Waals surface area contributed by atoms with Crippen molar-refractivity contribution in [2.45, 2.75) is 25.5 Å². The summed E-state index contributed by atoms with van der Waals surface area (Å²) < 4.78 is 6.92. The molecule has 31 heavy (non-hydrogen) atoms. The summed E-state index contributed by atoms with van der Waals surface area (Å²) in [4.78, 5) is 31.4. The van der Waals surface area contributed by atoms with E-state index in [1.807, 2.05) is 60.7 Å². The van der Waals surface area contributed by atoms with Crippen molar-refractivity contribution < 1.29 is 14.3 Å². The molecule has 0 saturated carbocycles. The molecule has 7 heteroatoms. The maximum atomic E-state index is 13.2. The van der Waals surface area contributed by atoms with Gasteiger partial charge >= 0.3 is 0 Å². The first-order chi connectivity index (χ1) is 15.1. The largest absolute Gasteiger partial charge is 0.472 e. The van der Waals surface area contributed by atoms with E-state index < -0.39 is 6.10 Å². The highest BCUT2D eigenvalue weighted by atomic mass is 79.9. The molecule has 1 N–H and O–H groups in total.